The van der Waals surface area contributed by atoms with Gasteiger partial charge in [-0.1, -0.05) is 0 Å². The molecule has 2 rings (SSSR count). The molecular formula is C10H14N2O4S. The molecule has 1 aromatic rings. The minimum Gasteiger partial charge on any atom is -0.481 e. The summed E-state index contributed by atoms with van der Waals surface area (Å²) in [5.41, 5.74) is 1.27. The Morgan fingerprint density at radius 3 is 2.82 bits per heavy atom. The number of hydrogen-bond acceptors (Lipinski definition) is 6. The molecule has 1 aliphatic rings. The van der Waals surface area contributed by atoms with Crippen LogP contribution >= 0.6 is 0 Å². The number of aliphatic hydroxyl groups excluding tert-OH is 1. The van der Waals surface area contributed by atoms with Gasteiger partial charge in [0, 0.05) is 12.0 Å². The lowest BCUT2D eigenvalue weighted by Crippen LogP contribution is -2.22. The minimum absolute atomic E-state index is 0.0698. The van der Waals surface area contributed by atoms with Crippen LogP contribution in [0.1, 0.15) is 17.1 Å². The third-order valence-corrected chi connectivity index (χ3v) is 4.19. The van der Waals surface area contributed by atoms with Gasteiger partial charge in [-0.2, -0.15) is 4.98 Å². The van der Waals surface area contributed by atoms with E-state index in [4.69, 9.17) is 9.84 Å². The van der Waals surface area contributed by atoms with E-state index < -0.39 is 9.84 Å². The molecule has 0 atom stereocenters. The van der Waals surface area contributed by atoms with Crippen LogP contribution in [0.5, 0.6) is 5.88 Å². The molecule has 0 unspecified atom stereocenters. The second-order valence-corrected chi connectivity index (χ2v) is 6.07. The Hall–Kier alpha value is -1.21. The topological polar surface area (TPSA) is 89.4 Å². The van der Waals surface area contributed by atoms with E-state index in [9.17, 15) is 8.42 Å². The van der Waals surface area contributed by atoms with Crippen LogP contribution in [-0.4, -0.2) is 43.0 Å². The molecule has 1 aliphatic heterocycles. The van der Waals surface area contributed by atoms with Crippen molar-refractivity contribution in [2.45, 2.75) is 18.6 Å². The Kier molecular flexibility index (Phi) is 3.30. The maximum Gasteiger partial charge on any atom is 0.219 e. The zero-order valence-electron chi connectivity index (χ0n) is 9.51. The first-order valence-corrected chi connectivity index (χ1v) is 7.12. The molecule has 1 N–H and O–H groups in total. The number of hydrogen-bond donors (Lipinski definition) is 1. The number of methoxy groups -OCH3 is 1. The molecule has 1 aromatic heterocycles. The van der Waals surface area contributed by atoms with Gasteiger partial charge in [-0.15, -0.1) is 0 Å². The van der Waals surface area contributed by atoms with Crippen molar-refractivity contribution in [3.63, 3.8) is 0 Å². The van der Waals surface area contributed by atoms with Gasteiger partial charge in [-0.3, -0.25) is 0 Å². The minimum atomic E-state index is -3.06. The van der Waals surface area contributed by atoms with Gasteiger partial charge in [0.2, 0.25) is 5.88 Å². The van der Waals surface area contributed by atoms with Gasteiger partial charge in [-0.05, 0) is 6.42 Å². The van der Waals surface area contributed by atoms with Crippen molar-refractivity contribution in [2.75, 3.05) is 19.5 Å². The molecule has 94 valence electrons. The van der Waals surface area contributed by atoms with Crippen molar-refractivity contribution in [2.24, 2.45) is 0 Å². The van der Waals surface area contributed by atoms with E-state index in [0.29, 0.717) is 30.2 Å². The Morgan fingerprint density at radius 2 is 2.18 bits per heavy atom. The Labute approximate surface area is 99.6 Å². The number of aromatic nitrogens is 2. The van der Waals surface area contributed by atoms with E-state index in [1.807, 2.05) is 0 Å². The maximum atomic E-state index is 11.5. The van der Waals surface area contributed by atoms with Gasteiger partial charge in [0.25, 0.3) is 0 Å². The van der Waals surface area contributed by atoms with Gasteiger partial charge in [0.1, 0.15) is 5.82 Å². The lowest BCUT2D eigenvalue weighted by Gasteiger charge is -2.18. The van der Waals surface area contributed by atoms with Gasteiger partial charge in [0.15, 0.2) is 9.84 Å². The Bertz CT molecular complexity index is 527. The highest BCUT2D eigenvalue weighted by Crippen LogP contribution is 2.26. The van der Waals surface area contributed by atoms with E-state index in [-0.39, 0.29) is 18.1 Å². The summed E-state index contributed by atoms with van der Waals surface area (Å²) in [6.07, 6.45) is 0.684. The highest BCUT2D eigenvalue weighted by Gasteiger charge is 2.26. The second kappa shape index (κ2) is 4.58. The van der Waals surface area contributed by atoms with Crippen LogP contribution in [0.4, 0.5) is 0 Å². The average molecular weight is 258 g/mol. The number of nitrogens with zero attached hydrogens (tertiary/aromatic N) is 2. The molecule has 0 radical (unpaired) electrons. The third kappa shape index (κ3) is 2.55. The van der Waals surface area contributed by atoms with Crippen molar-refractivity contribution in [3.8, 4) is 5.88 Å². The van der Waals surface area contributed by atoms with Crippen LogP contribution in [-0.2, 0) is 28.4 Å². The van der Waals surface area contributed by atoms with Gasteiger partial charge in [-0.25, -0.2) is 13.4 Å². The van der Waals surface area contributed by atoms with Crippen LogP contribution in [0.3, 0.4) is 0 Å². The zero-order valence-corrected chi connectivity index (χ0v) is 10.3. The summed E-state index contributed by atoms with van der Waals surface area (Å²) < 4.78 is 28.2. The molecule has 2 heterocycles. The van der Waals surface area contributed by atoms with Crippen molar-refractivity contribution >= 4 is 9.84 Å². The first-order valence-electron chi connectivity index (χ1n) is 5.29. The van der Waals surface area contributed by atoms with E-state index >= 15 is 0 Å². The summed E-state index contributed by atoms with van der Waals surface area (Å²) in [5.74, 6) is 0.882. The highest BCUT2D eigenvalue weighted by atomic mass is 32.2. The summed E-state index contributed by atoms with van der Waals surface area (Å²) in [4.78, 5) is 8.33. The summed E-state index contributed by atoms with van der Waals surface area (Å²) in [5, 5.41) is 8.85. The number of rotatable bonds is 3. The predicted octanol–water partition coefficient (Wildman–Crippen LogP) is -0.509. The molecule has 0 spiro atoms. The fraction of sp³-hybridized carbons (Fsp3) is 0.600. The number of sulfone groups is 1. The average Bonchev–Trinajstić information content (AvgIpc) is 2.26. The molecule has 0 saturated carbocycles. The van der Waals surface area contributed by atoms with Crippen LogP contribution in [0.15, 0.2) is 0 Å². The van der Waals surface area contributed by atoms with Gasteiger partial charge >= 0.3 is 0 Å². The molecule has 17 heavy (non-hydrogen) atoms. The standard InChI is InChI=1S/C10H14N2O4S/c1-16-10-7-3-5-17(14,15)6-8(7)11-9(12-10)2-4-13/h13H,2-6H2,1H3. The van der Waals surface area contributed by atoms with Crippen LogP contribution in [0.25, 0.3) is 0 Å². The van der Waals surface area contributed by atoms with Crippen molar-refractivity contribution in [1.82, 2.24) is 9.97 Å². The Morgan fingerprint density at radius 1 is 1.41 bits per heavy atom. The van der Waals surface area contributed by atoms with E-state index in [2.05, 4.69) is 9.97 Å². The monoisotopic (exact) mass is 258 g/mol. The predicted molar refractivity (Wildman–Crippen MR) is 60.6 cm³/mol. The fourth-order valence-corrected chi connectivity index (χ4v) is 3.16. The number of ether oxygens (including phenoxy) is 1. The lowest BCUT2D eigenvalue weighted by molar-refractivity contribution is 0.295. The van der Waals surface area contributed by atoms with Crippen molar-refractivity contribution in [1.29, 1.82) is 0 Å². The molecule has 7 heteroatoms. The van der Waals surface area contributed by atoms with E-state index in [0.717, 1.165) is 5.56 Å². The molecule has 0 fully saturated rings. The molecule has 6 nitrogen and oxygen atoms in total. The van der Waals surface area contributed by atoms with E-state index in [1.54, 1.807) is 0 Å². The summed E-state index contributed by atoms with van der Waals surface area (Å²) in [7, 11) is -1.57. The third-order valence-electron chi connectivity index (χ3n) is 2.65. The Balaban J connectivity index is 2.48. The number of fused-ring (bicyclic) bond motifs is 1. The van der Waals surface area contributed by atoms with Crippen LogP contribution in [0.2, 0.25) is 0 Å². The summed E-state index contributed by atoms with van der Waals surface area (Å²) >= 11 is 0. The maximum absolute atomic E-state index is 11.5. The molecule has 0 saturated heterocycles. The first kappa shape index (κ1) is 12.3. The largest absolute Gasteiger partial charge is 0.481 e. The lowest BCUT2D eigenvalue weighted by atomic mass is 10.1. The first-order chi connectivity index (χ1) is 8.05. The smallest absolute Gasteiger partial charge is 0.219 e. The van der Waals surface area contributed by atoms with Crippen LogP contribution in [0, 0.1) is 0 Å². The molecule has 0 aliphatic carbocycles. The summed E-state index contributed by atoms with van der Waals surface area (Å²) in [6, 6.07) is 0. The fourth-order valence-electron chi connectivity index (χ4n) is 1.85. The van der Waals surface area contributed by atoms with Crippen molar-refractivity contribution < 1.29 is 18.3 Å². The normalized spacial score (nSPS) is 17.5. The molecular weight excluding hydrogens is 244 g/mol. The van der Waals surface area contributed by atoms with Crippen molar-refractivity contribution in [3.05, 3.63) is 17.1 Å². The molecule has 0 bridgehead atoms. The highest BCUT2D eigenvalue weighted by molar-refractivity contribution is 7.90. The molecule has 0 amide bonds. The van der Waals surface area contributed by atoms with E-state index in [1.165, 1.54) is 7.11 Å². The molecule has 0 aromatic carbocycles. The number of aliphatic hydroxyl groups is 1. The van der Waals surface area contributed by atoms with Crippen LogP contribution < -0.4 is 4.74 Å². The van der Waals surface area contributed by atoms with Gasteiger partial charge in [0.05, 0.1) is 30.9 Å². The summed E-state index contributed by atoms with van der Waals surface area (Å²) in [6.45, 7) is -0.0747. The zero-order chi connectivity index (χ0) is 12.5. The quantitative estimate of drug-likeness (QED) is 0.785. The van der Waals surface area contributed by atoms with Gasteiger partial charge < -0.3 is 9.84 Å². The second-order valence-electron chi connectivity index (χ2n) is 3.89. The SMILES string of the molecule is COc1nc(CCO)nc2c1CCS(=O)(=O)C2.